The molecular weight excluding hydrogens is 434 g/mol. The third-order valence-corrected chi connectivity index (χ3v) is 6.57. The topological polar surface area (TPSA) is 101 Å². The smallest absolute Gasteiger partial charge is 0.311 e. The molecule has 0 aliphatic carbocycles. The first kappa shape index (κ1) is 21.0. The van der Waals surface area contributed by atoms with Gasteiger partial charge in [-0.2, -0.15) is 11.3 Å². The molecule has 0 saturated carbocycles. The number of ether oxygens (including phenoxy) is 1. The number of aromatic amines is 1. The summed E-state index contributed by atoms with van der Waals surface area (Å²) in [4.78, 5) is 45.5. The van der Waals surface area contributed by atoms with Crippen LogP contribution in [0.25, 0.3) is 10.2 Å². The van der Waals surface area contributed by atoms with Gasteiger partial charge in [0.25, 0.3) is 11.5 Å². The number of amides is 1. The number of H-pyrrole nitrogens is 1. The van der Waals surface area contributed by atoms with Crippen LogP contribution in [0.3, 0.4) is 0 Å². The summed E-state index contributed by atoms with van der Waals surface area (Å²) in [5, 5.41) is 7.00. The van der Waals surface area contributed by atoms with E-state index < -0.39 is 5.97 Å². The molecule has 0 unspecified atom stereocenters. The Morgan fingerprint density at radius 1 is 1.16 bits per heavy atom. The van der Waals surface area contributed by atoms with Crippen molar-refractivity contribution < 1.29 is 14.3 Å². The SMILES string of the molecule is Cc1sc2nc(CCC(=O)Oc3ccc(NC(=O)c4ccsc4)cc3)[nH]c(=O)c2c1C. The van der Waals surface area contributed by atoms with Gasteiger partial charge < -0.3 is 15.0 Å². The van der Waals surface area contributed by atoms with Crippen molar-refractivity contribution in [2.75, 3.05) is 5.32 Å². The summed E-state index contributed by atoms with van der Waals surface area (Å²) >= 11 is 2.92. The number of carbonyl (C=O) groups excluding carboxylic acids is 2. The molecule has 0 atom stereocenters. The molecule has 4 rings (SSSR count). The van der Waals surface area contributed by atoms with E-state index >= 15 is 0 Å². The van der Waals surface area contributed by atoms with Gasteiger partial charge in [-0.05, 0) is 55.1 Å². The average Bonchev–Trinajstić information content (AvgIpc) is 3.37. The summed E-state index contributed by atoms with van der Waals surface area (Å²) in [6, 6.07) is 8.31. The molecule has 0 fully saturated rings. The van der Waals surface area contributed by atoms with Gasteiger partial charge in [0.05, 0.1) is 17.4 Å². The van der Waals surface area contributed by atoms with Crippen LogP contribution in [0.5, 0.6) is 5.75 Å². The Kier molecular flexibility index (Phi) is 5.97. The number of carbonyl (C=O) groups is 2. The largest absolute Gasteiger partial charge is 0.427 e. The van der Waals surface area contributed by atoms with Crippen molar-refractivity contribution in [3.05, 3.63) is 73.3 Å². The standard InChI is InChI=1S/C22H19N3O4S2/c1-12-13(2)31-22-19(12)21(28)24-17(25-22)7-8-18(26)29-16-5-3-15(4-6-16)23-20(27)14-9-10-30-11-14/h3-6,9-11H,7-8H2,1-2H3,(H,23,27)(H,24,25,28). The van der Waals surface area contributed by atoms with Crippen molar-refractivity contribution in [1.29, 1.82) is 0 Å². The Bertz CT molecular complexity index is 1310. The zero-order valence-corrected chi connectivity index (χ0v) is 18.5. The van der Waals surface area contributed by atoms with Crippen LogP contribution < -0.4 is 15.6 Å². The zero-order chi connectivity index (χ0) is 22.0. The first-order valence-corrected chi connectivity index (χ1v) is 11.3. The molecule has 7 nitrogen and oxygen atoms in total. The fraction of sp³-hybridized carbons (Fsp3) is 0.182. The van der Waals surface area contributed by atoms with E-state index in [1.807, 2.05) is 19.2 Å². The molecule has 2 N–H and O–H groups in total. The van der Waals surface area contributed by atoms with Crippen LogP contribution >= 0.6 is 22.7 Å². The molecular formula is C22H19N3O4S2. The number of thiophene rings is 2. The number of nitrogens with one attached hydrogen (secondary N) is 2. The minimum atomic E-state index is -0.434. The molecule has 4 aromatic rings. The molecule has 0 saturated heterocycles. The van der Waals surface area contributed by atoms with E-state index in [1.165, 1.54) is 22.7 Å². The number of esters is 1. The highest BCUT2D eigenvalue weighted by Gasteiger charge is 2.13. The maximum atomic E-state index is 12.3. The molecule has 0 aliphatic heterocycles. The lowest BCUT2D eigenvalue weighted by Gasteiger charge is -2.07. The summed E-state index contributed by atoms with van der Waals surface area (Å²) in [5.41, 5.74) is 1.95. The van der Waals surface area contributed by atoms with E-state index in [0.29, 0.717) is 33.0 Å². The average molecular weight is 454 g/mol. The third-order valence-electron chi connectivity index (χ3n) is 4.78. The van der Waals surface area contributed by atoms with Crippen LogP contribution in [0.15, 0.2) is 45.9 Å². The third kappa shape index (κ3) is 4.73. The quantitative estimate of drug-likeness (QED) is 0.332. The van der Waals surface area contributed by atoms with Crippen LogP contribution in [-0.2, 0) is 11.2 Å². The van der Waals surface area contributed by atoms with Crippen molar-refractivity contribution in [3.8, 4) is 5.75 Å². The van der Waals surface area contributed by atoms with Gasteiger partial charge in [0.2, 0.25) is 0 Å². The lowest BCUT2D eigenvalue weighted by Crippen LogP contribution is -2.15. The second kappa shape index (κ2) is 8.83. The van der Waals surface area contributed by atoms with E-state index in [1.54, 1.807) is 35.7 Å². The Morgan fingerprint density at radius 2 is 1.94 bits per heavy atom. The van der Waals surface area contributed by atoms with Crippen molar-refractivity contribution in [3.63, 3.8) is 0 Å². The number of aryl methyl sites for hydroxylation is 3. The number of nitrogens with zero attached hydrogens (tertiary/aromatic N) is 1. The number of aromatic nitrogens is 2. The second-order valence-electron chi connectivity index (χ2n) is 6.94. The fourth-order valence-electron chi connectivity index (χ4n) is 3.02. The fourth-order valence-corrected chi connectivity index (χ4v) is 4.71. The van der Waals surface area contributed by atoms with Crippen LogP contribution in [0.1, 0.15) is 33.0 Å². The summed E-state index contributed by atoms with van der Waals surface area (Å²) < 4.78 is 5.34. The molecule has 0 spiro atoms. The molecule has 1 amide bonds. The van der Waals surface area contributed by atoms with E-state index in [4.69, 9.17) is 4.74 Å². The normalized spacial score (nSPS) is 10.9. The maximum absolute atomic E-state index is 12.3. The number of fused-ring (bicyclic) bond motifs is 1. The Morgan fingerprint density at radius 3 is 2.65 bits per heavy atom. The molecule has 3 heterocycles. The minimum absolute atomic E-state index is 0.0778. The molecule has 1 aromatic carbocycles. The van der Waals surface area contributed by atoms with Crippen molar-refractivity contribution in [2.45, 2.75) is 26.7 Å². The van der Waals surface area contributed by atoms with E-state index in [0.717, 1.165) is 10.4 Å². The number of hydrogen-bond donors (Lipinski definition) is 2. The van der Waals surface area contributed by atoms with Crippen LogP contribution in [0.2, 0.25) is 0 Å². The van der Waals surface area contributed by atoms with Crippen molar-refractivity contribution >= 4 is 50.5 Å². The summed E-state index contributed by atoms with van der Waals surface area (Å²) in [6.45, 7) is 3.86. The van der Waals surface area contributed by atoms with Gasteiger partial charge in [0, 0.05) is 22.4 Å². The first-order valence-electron chi connectivity index (χ1n) is 9.54. The monoisotopic (exact) mass is 453 g/mol. The van der Waals surface area contributed by atoms with Gasteiger partial charge in [-0.3, -0.25) is 14.4 Å². The Labute approximate surface area is 185 Å². The predicted molar refractivity (Wildman–Crippen MR) is 122 cm³/mol. The summed E-state index contributed by atoms with van der Waals surface area (Å²) in [5.74, 6) is 0.207. The van der Waals surface area contributed by atoms with Crippen LogP contribution in [0, 0.1) is 13.8 Å². The van der Waals surface area contributed by atoms with Gasteiger partial charge in [0.1, 0.15) is 16.4 Å². The summed E-state index contributed by atoms with van der Waals surface area (Å²) in [6.07, 6.45) is 0.350. The predicted octanol–water partition coefficient (Wildman–Crippen LogP) is 4.45. The maximum Gasteiger partial charge on any atom is 0.311 e. The van der Waals surface area contributed by atoms with Crippen molar-refractivity contribution in [1.82, 2.24) is 9.97 Å². The molecule has 9 heteroatoms. The minimum Gasteiger partial charge on any atom is -0.427 e. The van der Waals surface area contributed by atoms with Crippen LogP contribution in [-0.4, -0.2) is 21.8 Å². The number of benzene rings is 1. The Balaban J connectivity index is 1.34. The van der Waals surface area contributed by atoms with Gasteiger partial charge >= 0.3 is 5.97 Å². The number of rotatable bonds is 6. The first-order chi connectivity index (χ1) is 14.9. The van der Waals surface area contributed by atoms with E-state index in [-0.39, 0.29) is 24.3 Å². The lowest BCUT2D eigenvalue weighted by molar-refractivity contribution is -0.134. The molecule has 158 valence electrons. The second-order valence-corrected chi connectivity index (χ2v) is 8.92. The highest BCUT2D eigenvalue weighted by Crippen LogP contribution is 2.25. The number of hydrogen-bond acceptors (Lipinski definition) is 7. The van der Waals surface area contributed by atoms with Gasteiger partial charge in [-0.1, -0.05) is 0 Å². The van der Waals surface area contributed by atoms with Crippen LogP contribution in [0.4, 0.5) is 5.69 Å². The van der Waals surface area contributed by atoms with Gasteiger partial charge in [-0.25, -0.2) is 4.98 Å². The summed E-state index contributed by atoms with van der Waals surface area (Å²) in [7, 11) is 0. The van der Waals surface area contributed by atoms with Gasteiger partial charge in [-0.15, -0.1) is 11.3 Å². The number of anilines is 1. The zero-order valence-electron chi connectivity index (χ0n) is 16.9. The molecule has 31 heavy (non-hydrogen) atoms. The van der Waals surface area contributed by atoms with E-state index in [9.17, 15) is 14.4 Å². The lowest BCUT2D eigenvalue weighted by atomic mass is 10.2. The van der Waals surface area contributed by atoms with E-state index in [2.05, 4.69) is 15.3 Å². The molecule has 3 aromatic heterocycles. The highest BCUT2D eigenvalue weighted by atomic mass is 32.1. The molecule has 0 aliphatic rings. The van der Waals surface area contributed by atoms with Crippen molar-refractivity contribution in [2.24, 2.45) is 0 Å². The Hall–Kier alpha value is -3.30. The van der Waals surface area contributed by atoms with Gasteiger partial charge in [0.15, 0.2) is 0 Å². The molecule has 0 bridgehead atoms. The molecule has 0 radical (unpaired) electrons. The highest BCUT2D eigenvalue weighted by molar-refractivity contribution is 7.18.